The van der Waals surface area contributed by atoms with Crippen molar-refractivity contribution in [3.05, 3.63) is 35.6 Å². The Balaban J connectivity index is 2.44. The van der Waals surface area contributed by atoms with Gasteiger partial charge in [-0.1, -0.05) is 18.2 Å². The maximum atomic E-state index is 13.9. The molecule has 1 heterocycles. The van der Waals surface area contributed by atoms with Gasteiger partial charge in [0, 0.05) is 12.1 Å². The van der Waals surface area contributed by atoms with E-state index in [2.05, 4.69) is 4.90 Å². The van der Waals surface area contributed by atoms with Crippen molar-refractivity contribution in [3.63, 3.8) is 0 Å². The fourth-order valence-corrected chi connectivity index (χ4v) is 2.72. The van der Waals surface area contributed by atoms with E-state index < -0.39 is 0 Å². The molecular weight excluding hydrogens is 203 g/mol. The van der Waals surface area contributed by atoms with Crippen LogP contribution in [-0.2, 0) is 5.54 Å². The topological polar surface area (TPSA) is 29.3 Å². The first-order valence-electron chi connectivity index (χ1n) is 5.87. The Bertz CT molecular complexity index is 367. The van der Waals surface area contributed by atoms with Crippen molar-refractivity contribution in [3.8, 4) is 0 Å². The number of likely N-dealkylation sites (tertiary alicyclic amines) is 1. The summed E-state index contributed by atoms with van der Waals surface area (Å²) in [5, 5.41) is 0. The zero-order chi connectivity index (χ0) is 11.6. The van der Waals surface area contributed by atoms with Crippen LogP contribution in [0.5, 0.6) is 0 Å². The van der Waals surface area contributed by atoms with Crippen molar-refractivity contribution in [1.29, 1.82) is 0 Å². The molecule has 0 aliphatic carbocycles. The minimum atomic E-state index is -0.302. The highest BCUT2D eigenvalue weighted by atomic mass is 19.1. The molecule has 0 saturated carbocycles. The summed E-state index contributed by atoms with van der Waals surface area (Å²) in [4.78, 5) is 2.20. The number of likely N-dealkylation sites (N-methyl/N-ethyl adjacent to an activating group) is 1. The van der Waals surface area contributed by atoms with Crippen molar-refractivity contribution in [2.75, 3.05) is 20.1 Å². The third kappa shape index (κ3) is 1.74. The first-order valence-corrected chi connectivity index (χ1v) is 5.87. The van der Waals surface area contributed by atoms with Gasteiger partial charge in [0.05, 0.1) is 5.54 Å². The quantitative estimate of drug-likeness (QED) is 0.830. The monoisotopic (exact) mass is 222 g/mol. The zero-order valence-corrected chi connectivity index (χ0v) is 9.75. The van der Waals surface area contributed by atoms with Gasteiger partial charge in [-0.25, -0.2) is 4.39 Å². The van der Waals surface area contributed by atoms with Gasteiger partial charge in [0.2, 0.25) is 0 Å². The predicted molar refractivity (Wildman–Crippen MR) is 63.6 cm³/mol. The van der Waals surface area contributed by atoms with Crippen LogP contribution in [0.2, 0.25) is 0 Å². The molecule has 1 aromatic rings. The summed E-state index contributed by atoms with van der Waals surface area (Å²) in [6.07, 6.45) is 3.24. The number of nitrogens with zero attached hydrogens (tertiary/aromatic N) is 1. The van der Waals surface area contributed by atoms with Crippen LogP contribution in [0.4, 0.5) is 4.39 Å². The highest BCUT2D eigenvalue weighted by Crippen LogP contribution is 2.36. The largest absolute Gasteiger partial charge is 0.328 e. The molecule has 1 fully saturated rings. The third-order valence-electron chi connectivity index (χ3n) is 3.78. The second kappa shape index (κ2) is 4.52. The Labute approximate surface area is 96.2 Å². The lowest BCUT2D eigenvalue weighted by Gasteiger charge is -2.45. The van der Waals surface area contributed by atoms with E-state index in [1.165, 1.54) is 12.5 Å². The Kier molecular flexibility index (Phi) is 3.26. The van der Waals surface area contributed by atoms with E-state index >= 15 is 0 Å². The van der Waals surface area contributed by atoms with Gasteiger partial charge in [-0.3, -0.25) is 4.90 Å². The lowest BCUT2D eigenvalue weighted by atomic mass is 9.80. The molecular formula is C13H19FN2. The molecule has 1 aliphatic heterocycles. The molecule has 1 aromatic carbocycles. The summed E-state index contributed by atoms with van der Waals surface area (Å²) in [5.41, 5.74) is 6.37. The normalized spacial score (nSPS) is 26.9. The fraction of sp³-hybridized carbons (Fsp3) is 0.538. The van der Waals surface area contributed by atoms with Crippen LogP contribution in [0.15, 0.2) is 24.3 Å². The zero-order valence-electron chi connectivity index (χ0n) is 9.75. The molecule has 3 heteroatoms. The Morgan fingerprint density at radius 2 is 2.12 bits per heavy atom. The minimum absolute atomic E-state index is 0.137. The molecule has 2 rings (SSSR count). The maximum Gasteiger partial charge on any atom is 0.128 e. The van der Waals surface area contributed by atoms with Crippen molar-refractivity contribution in [2.45, 2.75) is 24.8 Å². The predicted octanol–water partition coefficient (Wildman–Crippen LogP) is 2.10. The second-order valence-electron chi connectivity index (χ2n) is 4.59. The number of hydrogen-bond acceptors (Lipinski definition) is 2. The number of rotatable bonds is 2. The van der Waals surface area contributed by atoms with Crippen LogP contribution in [0.25, 0.3) is 0 Å². The van der Waals surface area contributed by atoms with Gasteiger partial charge < -0.3 is 5.73 Å². The number of piperidine rings is 1. The SMILES string of the molecule is CN1CCCCC1(CN)c1ccccc1F. The highest BCUT2D eigenvalue weighted by molar-refractivity contribution is 5.27. The summed E-state index contributed by atoms with van der Waals surface area (Å²) in [6, 6.07) is 7.00. The molecule has 1 aliphatic rings. The van der Waals surface area contributed by atoms with Crippen molar-refractivity contribution in [2.24, 2.45) is 5.73 Å². The van der Waals surface area contributed by atoms with Crippen LogP contribution in [0, 0.1) is 5.82 Å². The van der Waals surface area contributed by atoms with Gasteiger partial charge >= 0.3 is 0 Å². The van der Waals surface area contributed by atoms with Gasteiger partial charge in [0.15, 0.2) is 0 Å². The molecule has 0 aromatic heterocycles. The summed E-state index contributed by atoms with van der Waals surface area (Å²) in [6.45, 7) is 1.47. The molecule has 0 radical (unpaired) electrons. The molecule has 1 atom stereocenters. The summed E-state index contributed by atoms with van der Waals surface area (Å²) in [5.74, 6) is -0.137. The molecule has 1 unspecified atom stereocenters. The number of nitrogens with two attached hydrogens (primary N) is 1. The van der Waals surface area contributed by atoms with Gasteiger partial charge in [-0.2, -0.15) is 0 Å². The van der Waals surface area contributed by atoms with Gasteiger partial charge in [0.25, 0.3) is 0 Å². The molecule has 88 valence electrons. The lowest BCUT2D eigenvalue weighted by Crippen LogP contribution is -2.52. The first-order chi connectivity index (χ1) is 7.70. The molecule has 2 nitrogen and oxygen atoms in total. The van der Waals surface area contributed by atoms with Crippen LogP contribution in [0.3, 0.4) is 0 Å². The van der Waals surface area contributed by atoms with E-state index in [-0.39, 0.29) is 11.4 Å². The fourth-order valence-electron chi connectivity index (χ4n) is 2.72. The standard InChI is InChI=1S/C13H19FN2/c1-16-9-5-4-8-13(16,10-15)11-6-2-3-7-12(11)14/h2-3,6-7H,4-5,8-10,15H2,1H3. The van der Waals surface area contributed by atoms with Crippen molar-refractivity contribution < 1.29 is 4.39 Å². The summed E-state index contributed by atoms with van der Waals surface area (Å²) in [7, 11) is 2.04. The van der Waals surface area contributed by atoms with Crippen LogP contribution in [0.1, 0.15) is 24.8 Å². The van der Waals surface area contributed by atoms with Gasteiger partial charge in [-0.05, 0) is 38.9 Å². The van der Waals surface area contributed by atoms with Gasteiger partial charge in [-0.15, -0.1) is 0 Å². The third-order valence-corrected chi connectivity index (χ3v) is 3.78. The molecule has 0 amide bonds. The van der Waals surface area contributed by atoms with E-state index in [0.29, 0.717) is 6.54 Å². The number of hydrogen-bond donors (Lipinski definition) is 1. The van der Waals surface area contributed by atoms with E-state index in [9.17, 15) is 4.39 Å². The lowest BCUT2D eigenvalue weighted by molar-refractivity contribution is 0.0749. The van der Waals surface area contributed by atoms with Crippen LogP contribution < -0.4 is 5.73 Å². The number of halogens is 1. The average Bonchev–Trinajstić information content (AvgIpc) is 2.31. The number of benzene rings is 1. The Hall–Kier alpha value is -0.930. The molecule has 0 bridgehead atoms. The minimum Gasteiger partial charge on any atom is -0.328 e. The second-order valence-corrected chi connectivity index (χ2v) is 4.59. The molecule has 0 spiro atoms. The first kappa shape index (κ1) is 11.6. The molecule has 2 N–H and O–H groups in total. The Morgan fingerprint density at radius 1 is 1.38 bits per heavy atom. The molecule has 16 heavy (non-hydrogen) atoms. The summed E-state index contributed by atoms with van der Waals surface area (Å²) < 4.78 is 13.9. The van der Waals surface area contributed by atoms with Crippen LogP contribution in [-0.4, -0.2) is 25.0 Å². The smallest absolute Gasteiger partial charge is 0.128 e. The van der Waals surface area contributed by atoms with Crippen LogP contribution >= 0.6 is 0 Å². The summed E-state index contributed by atoms with van der Waals surface area (Å²) >= 11 is 0. The van der Waals surface area contributed by atoms with E-state index in [0.717, 1.165) is 24.9 Å². The highest BCUT2D eigenvalue weighted by Gasteiger charge is 2.38. The average molecular weight is 222 g/mol. The van der Waals surface area contributed by atoms with E-state index in [1.807, 2.05) is 19.2 Å². The Morgan fingerprint density at radius 3 is 2.75 bits per heavy atom. The van der Waals surface area contributed by atoms with Crippen molar-refractivity contribution >= 4 is 0 Å². The van der Waals surface area contributed by atoms with Crippen molar-refractivity contribution in [1.82, 2.24) is 4.90 Å². The van der Waals surface area contributed by atoms with E-state index in [1.54, 1.807) is 6.07 Å². The van der Waals surface area contributed by atoms with Gasteiger partial charge in [0.1, 0.15) is 5.82 Å². The maximum absolute atomic E-state index is 13.9. The van der Waals surface area contributed by atoms with E-state index in [4.69, 9.17) is 5.73 Å². The molecule has 1 saturated heterocycles.